The zero-order chi connectivity index (χ0) is 10.6. The summed E-state index contributed by atoms with van der Waals surface area (Å²) in [6, 6.07) is 0. The van der Waals surface area contributed by atoms with Gasteiger partial charge in [0, 0.05) is 12.4 Å². The summed E-state index contributed by atoms with van der Waals surface area (Å²) in [4.78, 5) is 19.4. The molecule has 0 fully saturated rings. The van der Waals surface area contributed by atoms with Crippen LogP contribution in [0.3, 0.4) is 0 Å². The maximum absolute atomic E-state index is 11.9. The van der Waals surface area contributed by atoms with Gasteiger partial charge in [-0.15, -0.1) is 0 Å². The van der Waals surface area contributed by atoms with E-state index in [0.717, 1.165) is 6.42 Å². The molecule has 76 valence electrons. The molecule has 1 atom stereocenters. The van der Waals surface area contributed by atoms with Crippen molar-refractivity contribution in [1.82, 2.24) is 9.97 Å². The third-order valence-corrected chi connectivity index (χ3v) is 2.11. The van der Waals surface area contributed by atoms with Crippen LogP contribution in [-0.4, -0.2) is 21.3 Å². The molecule has 14 heavy (non-hydrogen) atoms. The molecule has 1 aromatic rings. The summed E-state index contributed by atoms with van der Waals surface area (Å²) in [5, 5.41) is 0. The van der Waals surface area contributed by atoms with Crippen LogP contribution in [0.4, 0.5) is 0 Å². The number of hydrogen-bond donors (Lipinski definition) is 1. The minimum atomic E-state index is -0.806. The number of carbonyl (C=O) groups is 1. The molecule has 0 aromatic carbocycles. The number of nitrogens with two attached hydrogens (primary N) is 1. The highest BCUT2D eigenvalue weighted by Gasteiger charge is 2.28. The molecular formula is C10H15N3O. The summed E-state index contributed by atoms with van der Waals surface area (Å²) < 4.78 is 0. The van der Waals surface area contributed by atoms with Gasteiger partial charge in [0.1, 0.15) is 6.33 Å². The van der Waals surface area contributed by atoms with Crippen molar-refractivity contribution in [3.8, 4) is 0 Å². The van der Waals surface area contributed by atoms with E-state index in [4.69, 9.17) is 5.73 Å². The average molecular weight is 193 g/mol. The fraction of sp³-hybridized carbons (Fsp3) is 0.500. The molecule has 1 rings (SSSR count). The summed E-state index contributed by atoms with van der Waals surface area (Å²) in [5.41, 5.74) is 5.57. The smallest absolute Gasteiger partial charge is 0.185 e. The van der Waals surface area contributed by atoms with Crippen molar-refractivity contribution < 1.29 is 4.79 Å². The minimum absolute atomic E-state index is 0.0973. The third-order valence-electron chi connectivity index (χ3n) is 2.11. The van der Waals surface area contributed by atoms with E-state index in [1.165, 1.54) is 18.7 Å². The molecule has 2 N–H and O–H groups in total. The number of aromatic nitrogens is 2. The molecule has 0 bridgehead atoms. The highest BCUT2D eigenvalue weighted by Crippen LogP contribution is 2.14. The number of ketones is 1. The van der Waals surface area contributed by atoms with Gasteiger partial charge in [-0.2, -0.15) is 0 Å². The number of carbonyl (C=O) groups excluding carboxylic acids is 1. The summed E-state index contributed by atoms with van der Waals surface area (Å²) in [6.07, 6.45) is 5.93. The lowest BCUT2D eigenvalue weighted by Crippen LogP contribution is -2.44. The van der Waals surface area contributed by atoms with Crippen molar-refractivity contribution in [3.63, 3.8) is 0 Å². The Morgan fingerprint density at radius 3 is 2.57 bits per heavy atom. The van der Waals surface area contributed by atoms with Crippen LogP contribution in [0.1, 0.15) is 37.0 Å². The van der Waals surface area contributed by atoms with Crippen LogP contribution >= 0.6 is 0 Å². The molecule has 0 aliphatic carbocycles. The van der Waals surface area contributed by atoms with Gasteiger partial charge in [0.05, 0.1) is 11.1 Å². The second kappa shape index (κ2) is 4.28. The van der Waals surface area contributed by atoms with Crippen molar-refractivity contribution in [2.75, 3.05) is 0 Å². The lowest BCUT2D eigenvalue weighted by atomic mass is 9.89. The Labute approximate surface area is 83.6 Å². The fourth-order valence-corrected chi connectivity index (χ4v) is 1.38. The Hall–Kier alpha value is -1.29. The summed E-state index contributed by atoms with van der Waals surface area (Å²) >= 11 is 0. The molecule has 1 heterocycles. The number of Topliss-reactive ketones (excluding diaryl/α,β-unsaturated/α-hetero) is 1. The Morgan fingerprint density at radius 2 is 2.07 bits per heavy atom. The van der Waals surface area contributed by atoms with Gasteiger partial charge in [-0.1, -0.05) is 13.3 Å². The first-order valence-corrected chi connectivity index (χ1v) is 4.66. The molecule has 4 nitrogen and oxygen atoms in total. The molecule has 0 aliphatic heterocycles. The van der Waals surface area contributed by atoms with Gasteiger partial charge in [-0.25, -0.2) is 9.97 Å². The first-order valence-electron chi connectivity index (χ1n) is 4.66. The van der Waals surface area contributed by atoms with Crippen LogP contribution in [0.2, 0.25) is 0 Å². The SMILES string of the molecule is CCCC(C)(N)C(=O)c1cncnc1. The van der Waals surface area contributed by atoms with Crippen molar-refractivity contribution >= 4 is 5.78 Å². The minimum Gasteiger partial charge on any atom is -0.319 e. The van der Waals surface area contributed by atoms with Crippen LogP contribution in [0.15, 0.2) is 18.7 Å². The lowest BCUT2D eigenvalue weighted by molar-refractivity contribution is 0.0892. The Balaban J connectivity index is 2.85. The van der Waals surface area contributed by atoms with E-state index < -0.39 is 5.54 Å². The normalized spacial score (nSPS) is 14.8. The van der Waals surface area contributed by atoms with E-state index in [0.29, 0.717) is 12.0 Å². The summed E-state index contributed by atoms with van der Waals surface area (Å²) in [5.74, 6) is -0.0973. The second-order valence-corrected chi connectivity index (χ2v) is 3.62. The average Bonchev–Trinajstić information content (AvgIpc) is 2.18. The molecule has 4 heteroatoms. The predicted molar refractivity (Wildman–Crippen MR) is 53.9 cm³/mol. The van der Waals surface area contributed by atoms with E-state index in [1.807, 2.05) is 6.92 Å². The molecule has 0 amide bonds. The van der Waals surface area contributed by atoms with Gasteiger partial charge >= 0.3 is 0 Å². The van der Waals surface area contributed by atoms with Gasteiger partial charge in [0.25, 0.3) is 0 Å². The molecule has 0 spiro atoms. The first-order chi connectivity index (χ1) is 6.58. The molecule has 0 radical (unpaired) electrons. The lowest BCUT2D eigenvalue weighted by Gasteiger charge is -2.21. The molecule has 0 saturated heterocycles. The first kappa shape index (κ1) is 10.8. The van der Waals surface area contributed by atoms with Crippen molar-refractivity contribution in [3.05, 3.63) is 24.3 Å². The Kier molecular flexibility index (Phi) is 3.30. The van der Waals surface area contributed by atoms with Crippen LogP contribution in [0, 0.1) is 0 Å². The Bertz CT molecular complexity index is 308. The Morgan fingerprint density at radius 1 is 1.50 bits per heavy atom. The standard InChI is InChI=1S/C10H15N3O/c1-3-4-10(2,11)9(14)8-5-12-7-13-6-8/h5-7H,3-4,11H2,1-2H3. The van der Waals surface area contributed by atoms with Crippen LogP contribution in [0.25, 0.3) is 0 Å². The fourth-order valence-electron chi connectivity index (χ4n) is 1.38. The van der Waals surface area contributed by atoms with Crippen LogP contribution in [0.5, 0.6) is 0 Å². The zero-order valence-corrected chi connectivity index (χ0v) is 8.53. The van der Waals surface area contributed by atoms with E-state index in [9.17, 15) is 4.79 Å². The molecule has 1 aromatic heterocycles. The van der Waals surface area contributed by atoms with E-state index in [2.05, 4.69) is 9.97 Å². The van der Waals surface area contributed by atoms with E-state index in [-0.39, 0.29) is 5.78 Å². The maximum atomic E-state index is 11.9. The number of rotatable bonds is 4. The summed E-state index contributed by atoms with van der Waals surface area (Å²) in [6.45, 7) is 3.74. The van der Waals surface area contributed by atoms with E-state index in [1.54, 1.807) is 6.92 Å². The van der Waals surface area contributed by atoms with Gasteiger partial charge in [0.2, 0.25) is 0 Å². The van der Waals surface area contributed by atoms with Gasteiger partial charge in [0.15, 0.2) is 5.78 Å². The van der Waals surface area contributed by atoms with Crippen molar-refractivity contribution in [2.24, 2.45) is 5.73 Å². The maximum Gasteiger partial charge on any atom is 0.185 e. The third kappa shape index (κ3) is 2.35. The monoisotopic (exact) mass is 193 g/mol. The van der Waals surface area contributed by atoms with Gasteiger partial charge in [-0.3, -0.25) is 4.79 Å². The summed E-state index contributed by atoms with van der Waals surface area (Å²) in [7, 11) is 0. The number of nitrogens with zero attached hydrogens (tertiary/aromatic N) is 2. The highest BCUT2D eigenvalue weighted by atomic mass is 16.1. The zero-order valence-electron chi connectivity index (χ0n) is 8.53. The van der Waals surface area contributed by atoms with Crippen LogP contribution < -0.4 is 5.73 Å². The molecular weight excluding hydrogens is 178 g/mol. The quantitative estimate of drug-likeness (QED) is 0.729. The molecule has 0 aliphatic rings. The van der Waals surface area contributed by atoms with Crippen molar-refractivity contribution in [2.45, 2.75) is 32.2 Å². The molecule has 1 unspecified atom stereocenters. The van der Waals surface area contributed by atoms with Gasteiger partial charge < -0.3 is 5.73 Å². The van der Waals surface area contributed by atoms with Gasteiger partial charge in [-0.05, 0) is 13.3 Å². The van der Waals surface area contributed by atoms with Crippen molar-refractivity contribution in [1.29, 1.82) is 0 Å². The second-order valence-electron chi connectivity index (χ2n) is 3.62. The topological polar surface area (TPSA) is 68.9 Å². The largest absolute Gasteiger partial charge is 0.319 e. The highest BCUT2D eigenvalue weighted by molar-refractivity contribution is 6.02. The molecule has 0 saturated carbocycles. The van der Waals surface area contributed by atoms with E-state index >= 15 is 0 Å². The number of hydrogen-bond acceptors (Lipinski definition) is 4. The predicted octanol–water partition coefficient (Wildman–Crippen LogP) is 1.18. The van der Waals surface area contributed by atoms with Crippen LogP contribution in [-0.2, 0) is 0 Å².